The molecule has 0 radical (unpaired) electrons. The van der Waals surface area contributed by atoms with Gasteiger partial charge in [0.1, 0.15) is 6.33 Å². The van der Waals surface area contributed by atoms with Crippen LogP contribution in [0.4, 0.5) is 23.0 Å². The van der Waals surface area contributed by atoms with E-state index in [4.69, 9.17) is 23.2 Å². The first-order valence-corrected chi connectivity index (χ1v) is 10.8. The number of hydrazine groups is 1. The summed E-state index contributed by atoms with van der Waals surface area (Å²) in [6, 6.07) is 14.0. The molecule has 33 heavy (non-hydrogen) atoms. The number of nitrogens with one attached hydrogen (secondary N) is 2. The molecule has 4 rings (SSSR count). The number of halogens is 2. The number of carbonyl (C=O) groups is 1. The Kier molecular flexibility index (Phi) is 6.76. The smallest absolute Gasteiger partial charge is 0.355 e. The zero-order valence-corrected chi connectivity index (χ0v) is 18.8. The minimum atomic E-state index is -0.567. The van der Waals surface area contributed by atoms with Crippen LogP contribution in [0.5, 0.6) is 0 Å². The first kappa shape index (κ1) is 22.6. The molecule has 12 heteroatoms. The zero-order chi connectivity index (χ0) is 23.4. The standard InChI is InChI=1S/C21H19Cl2N7O3/c22-14-4-3-5-15(12-14)28-8-10-29(11-9-28)20-18(30(32)33)19(24-13-25-20)26-27-21(31)16-6-1-2-7-17(16)23/h1-7,12-13H,8-11H2,(H,27,31)(H,24,25,26). The summed E-state index contributed by atoms with van der Waals surface area (Å²) >= 11 is 12.1. The van der Waals surface area contributed by atoms with Crippen molar-refractivity contribution < 1.29 is 9.72 Å². The van der Waals surface area contributed by atoms with Crippen LogP contribution in [-0.2, 0) is 0 Å². The van der Waals surface area contributed by atoms with Gasteiger partial charge in [0.2, 0.25) is 11.6 Å². The largest absolute Gasteiger partial charge is 0.368 e. The summed E-state index contributed by atoms with van der Waals surface area (Å²) in [7, 11) is 0. The van der Waals surface area contributed by atoms with Gasteiger partial charge in [-0.2, -0.15) is 0 Å². The summed E-state index contributed by atoms with van der Waals surface area (Å²) < 4.78 is 0. The fraction of sp³-hybridized carbons (Fsp3) is 0.190. The van der Waals surface area contributed by atoms with E-state index in [9.17, 15) is 14.9 Å². The molecular formula is C21H19Cl2N7O3. The summed E-state index contributed by atoms with van der Waals surface area (Å²) in [5, 5.41) is 12.8. The average Bonchev–Trinajstić information content (AvgIpc) is 2.82. The van der Waals surface area contributed by atoms with E-state index < -0.39 is 10.8 Å². The van der Waals surface area contributed by atoms with Crippen molar-refractivity contribution in [1.29, 1.82) is 0 Å². The number of anilines is 3. The van der Waals surface area contributed by atoms with E-state index in [0.717, 1.165) is 5.69 Å². The molecule has 0 saturated carbocycles. The van der Waals surface area contributed by atoms with Gasteiger partial charge in [-0.05, 0) is 30.3 Å². The van der Waals surface area contributed by atoms with Crippen molar-refractivity contribution in [2.75, 3.05) is 41.4 Å². The van der Waals surface area contributed by atoms with Gasteiger partial charge in [0, 0.05) is 36.9 Å². The highest BCUT2D eigenvalue weighted by atomic mass is 35.5. The summed E-state index contributed by atoms with van der Waals surface area (Å²) in [6.07, 6.45) is 1.22. The molecule has 0 atom stereocenters. The van der Waals surface area contributed by atoms with Gasteiger partial charge in [0.15, 0.2) is 0 Å². The molecule has 3 aromatic rings. The minimum absolute atomic E-state index is 0.123. The van der Waals surface area contributed by atoms with Crippen molar-refractivity contribution in [2.24, 2.45) is 0 Å². The van der Waals surface area contributed by atoms with E-state index in [-0.39, 0.29) is 27.9 Å². The van der Waals surface area contributed by atoms with Crippen LogP contribution in [0.1, 0.15) is 10.4 Å². The van der Waals surface area contributed by atoms with Crippen LogP contribution < -0.4 is 20.7 Å². The lowest BCUT2D eigenvalue weighted by molar-refractivity contribution is -0.383. The number of hydrogen-bond donors (Lipinski definition) is 2. The van der Waals surface area contributed by atoms with Gasteiger partial charge < -0.3 is 9.80 Å². The molecule has 1 amide bonds. The van der Waals surface area contributed by atoms with Crippen LogP contribution >= 0.6 is 23.2 Å². The van der Waals surface area contributed by atoms with Crippen LogP contribution in [0, 0.1) is 10.1 Å². The molecule has 0 spiro atoms. The number of carbonyl (C=O) groups excluding carboxylic acids is 1. The highest BCUT2D eigenvalue weighted by Crippen LogP contribution is 2.32. The molecule has 0 aliphatic carbocycles. The maximum atomic E-state index is 12.4. The molecule has 0 bridgehead atoms. The Hall–Kier alpha value is -3.63. The lowest BCUT2D eigenvalue weighted by atomic mass is 10.2. The molecule has 1 aromatic heterocycles. The maximum absolute atomic E-state index is 12.4. The van der Waals surface area contributed by atoms with Gasteiger partial charge in [-0.25, -0.2) is 9.97 Å². The number of nitrogens with zero attached hydrogens (tertiary/aromatic N) is 5. The maximum Gasteiger partial charge on any atom is 0.355 e. The number of aromatic nitrogens is 2. The molecule has 2 N–H and O–H groups in total. The van der Waals surface area contributed by atoms with Gasteiger partial charge in [0.25, 0.3) is 5.91 Å². The summed E-state index contributed by atoms with van der Waals surface area (Å²) in [5.41, 5.74) is 5.83. The lowest BCUT2D eigenvalue weighted by Crippen LogP contribution is -2.47. The van der Waals surface area contributed by atoms with Gasteiger partial charge in [-0.3, -0.25) is 25.8 Å². The number of benzene rings is 2. The number of nitro groups is 1. The zero-order valence-electron chi connectivity index (χ0n) is 17.2. The molecule has 1 aliphatic rings. The SMILES string of the molecule is O=C(NNc1ncnc(N2CCN(c3cccc(Cl)c3)CC2)c1[N+](=O)[O-])c1ccccc1Cl. The Bertz CT molecular complexity index is 1190. The summed E-state index contributed by atoms with van der Waals surface area (Å²) in [4.78, 5) is 35.8. The molecular weight excluding hydrogens is 469 g/mol. The third kappa shape index (κ3) is 5.07. The Labute approximate surface area is 199 Å². The van der Waals surface area contributed by atoms with Gasteiger partial charge >= 0.3 is 5.69 Å². The molecule has 10 nitrogen and oxygen atoms in total. The van der Waals surface area contributed by atoms with Crippen molar-refractivity contribution in [3.05, 3.63) is 80.6 Å². The van der Waals surface area contributed by atoms with E-state index in [1.165, 1.54) is 6.33 Å². The predicted octanol–water partition coefficient (Wildman–Crippen LogP) is 3.78. The number of piperazine rings is 1. The van der Waals surface area contributed by atoms with E-state index in [0.29, 0.717) is 31.2 Å². The highest BCUT2D eigenvalue weighted by Gasteiger charge is 2.29. The van der Waals surface area contributed by atoms with Crippen LogP contribution in [-0.4, -0.2) is 47.0 Å². The second-order valence-corrected chi connectivity index (χ2v) is 8.01. The van der Waals surface area contributed by atoms with E-state index in [1.807, 2.05) is 29.2 Å². The summed E-state index contributed by atoms with van der Waals surface area (Å²) in [5.74, 6) is -0.497. The third-order valence-corrected chi connectivity index (χ3v) is 5.72. The predicted molar refractivity (Wildman–Crippen MR) is 127 cm³/mol. The minimum Gasteiger partial charge on any atom is -0.368 e. The number of amides is 1. The molecule has 2 heterocycles. The Morgan fingerprint density at radius 3 is 2.42 bits per heavy atom. The second kappa shape index (κ2) is 9.88. The van der Waals surface area contributed by atoms with Gasteiger partial charge in [-0.15, -0.1) is 0 Å². The fourth-order valence-electron chi connectivity index (χ4n) is 3.54. The topological polar surface area (TPSA) is 117 Å². The molecule has 1 aliphatic heterocycles. The van der Waals surface area contributed by atoms with Crippen LogP contribution in [0.25, 0.3) is 0 Å². The normalized spacial score (nSPS) is 13.5. The second-order valence-electron chi connectivity index (χ2n) is 7.16. The monoisotopic (exact) mass is 487 g/mol. The summed E-state index contributed by atoms with van der Waals surface area (Å²) in [6.45, 7) is 2.28. The first-order valence-electron chi connectivity index (χ1n) is 10.00. The van der Waals surface area contributed by atoms with Crippen molar-refractivity contribution in [2.45, 2.75) is 0 Å². The van der Waals surface area contributed by atoms with Crippen molar-refractivity contribution in [3.8, 4) is 0 Å². The van der Waals surface area contributed by atoms with E-state index >= 15 is 0 Å². The fourth-order valence-corrected chi connectivity index (χ4v) is 3.94. The van der Waals surface area contributed by atoms with Crippen molar-refractivity contribution in [1.82, 2.24) is 15.4 Å². The Morgan fingerprint density at radius 2 is 1.73 bits per heavy atom. The molecule has 2 aromatic carbocycles. The molecule has 1 saturated heterocycles. The Balaban J connectivity index is 1.49. The van der Waals surface area contributed by atoms with Gasteiger partial charge in [-0.1, -0.05) is 41.4 Å². The van der Waals surface area contributed by atoms with Crippen molar-refractivity contribution >= 4 is 52.1 Å². The lowest BCUT2D eigenvalue weighted by Gasteiger charge is -2.36. The highest BCUT2D eigenvalue weighted by molar-refractivity contribution is 6.33. The van der Waals surface area contributed by atoms with Crippen molar-refractivity contribution in [3.63, 3.8) is 0 Å². The van der Waals surface area contributed by atoms with Crippen LogP contribution in [0.15, 0.2) is 54.9 Å². The molecule has 1 fully saturated rings. The van der Waals surface area contributed by atoms with E-state index in [2.05, 4.69) is 25.7 Å². The van der Waals surface area contributed by atoms with E-state index in [1.54, 1.807) is 24.3 Å². The quantitative estimate of drug-likeness (QED) is 0.398. The Morgan fingerprint density at radius 1 is 1.00 bits per heavy atom. The number of hydrogen-bond acceptors (Lipinski definition) is 8. The molecule has 170 valence electrons. The van der Waals surface area contributed by atoms with Crippen LogP contribution in [0.3, 0.4) is 0 Å². The number of rotatable bonds is 6. The first-order chi connectivity index (χ1) is 15.9. The van der Waals surface area contributed by atoms with Gasteiger partial charge in [0.05, 0.1) is 15.5 Å². The third-order valence-electron chi connectivity index (χ3n) is 5.15. The molecule has 0 unspecified atom stereocenters. The van der Waals surface area contributed by atoms with Crippen LogP contribution in [0.2, 0.25) is 10.0 Å². The average molecular weight is 488 g/mol.